The predicted octanol–water partition coefficient (Wildman–Crippen LogP) is 2.07. The van der Waals surface area contributed by atoms with Crippen molar-refractivity contribution < 1.29 is 9.53 Å². The first-order valence-electron chi connectivity index (χ1n) is 6.83. The second kappa shape index (κ2) is 6.21. The zero-order valence-electron chi connectivity index (χ0n) is 12.0. The van der Waals surface area contributed by atoms with Gasteiger partial charge in [0, 0.05) is 6.92 Å². The molecule has 7 heteroatoms. The minimum absolute atomic E-state index is 0.207. The first-order chi connectivity index (χ1) is 10.7. The number of ether oxygens (including phenoxy) is 1. The third kappa shape index (κ3) is 3.03. The molecule has 2 aromatic heterocycles. The van der Waals surface area contributed by atoms with E-state index in [1.165, 1.54) is 13.3 Å². The Morgan fingerprint density at radius 2 is 2.09 bits per heavy atom. The number of hydrogen-bond donors (Lipinski definition) is 2. The SMILES string of the molecule is CC(=O)OCC(Nc1ncnc2nc[nH]c12)c1ccccc1. The number of carbonyl (C=O) groups is 1. The summed E-state index contributed by atoms with van der Waals surface area (Å²) in [5.74, 6) is 0.292. The van der Waals surface area contributed by atoms with Gasteiger partial charge in [-0.2, -0.15) is 0 Å². The number of rotatable bonds is 5. The highest BCUT2D eigenvalue weighted by Crippen LogP contribution is 2.22. The fourth-order valence-corrected chi connectivity index (χ4v) is 2.15. The summed E-state index contributed by atoms with van der Waals surface area (Å²) in [6, 6.07) is 9.52. The van der Waals surface area contributed by atoms with Crippen LogP contribution in [0.1, 0.15) is 18.5 Å². The van der Waals surface area contributed by atoms with Crippen LogP contribution in [0.4, 0.5) is 5.82 Å². The van der Waals surface area contributed by atoms with Crippen LogP contribution < -0.4 is 5.32 Å². The second-order valence-electron chi connectivity index (χ2n) is 4.73. The molecule has 22 heavy (non-hydrogen) atoms. The molecule has 3 rings (SSSR count). The largest absolute Gasteiger partial charge is 0.463 e. The highest BCUT2D eigenvalue weighted by molar-refractivity contribution is 5.82. The summed E-state index contributed by atoms with van der Waals surface area (Å²) in [7, 11) is 0. The van der Waals surface area contributed by atoms with Crippen molar-refractivity contribution in [2.45, 2.75) is 13.0 Å². The van der Waals surface area contributed by atoms with Gasteiger partial charge >= 0.3 is 5.97 Å². The Labute approximate surface area is 126 Å². The summed E-state index contributed by atoms with van der Waals surface area (Å²) >= 11 is 0. The van der Waals surface area contributed by atoms with Crippen molar-refractivity contribution >= 4 is 23.0 Å². The number of aromatic nitrogens is 4. The minimum Gasteiger partial charge on any atom is -0.463 e. The van der Waals surface area contributed by atoms with E-state index < -0.39 is 0 Å². The molecule has 7 nitrogen and oxygen atoms in total. The summed E-state index contributed by atoms with van der Waals surface area (Å²) in [6.45, 7) is 1.60. The number of nitrogens with one attached hydrogen (secondary N) is 2. The first-order valence-corrected chi connectivity index (χ1v) is 6.83. The van der Waals surface area contributed by atoms with E-state index in [2.05, 4.69) is 25.3 Å². The molecule has 0 fully saturated rings. The number of hydrogen-bond acceptors (Lipinski definition) is 6. The fraction of sp³-hybridized carbons (Fsp3) is 0.200. The number of fused-ring (bicyclic) bond motifs is 1. The lowest BCUT2D eigenvalue weighted by Crippen LogP contribution is -2.19. The van der Waals surface area contributed by atoms with Crippen molar-refractivity contribution in [3.63, 3.8) is 0 Å². The van der Waals surface area contributed by atoms with E-state index in [0.29, 0.717) is 17.0 Å². The number of imidazole rings is 1. The average molecular weight is 297 g/mol. The standard InChI is InChI=1S/C15H15N5O2/c1-10(21)22-7-12(11-5-3-2-4-6-11)20-15-13-14(17-8-16-13)18-9-19-15/h2-6,8-9,12H,7H2,1H3,(H2,16,17,18,19,20). The Hall–Kier alpha value is -2.96. The maximum Gasteiger partial charge on any atom is 0.302 e. The molecular weight excluding hydrogens is 282 g/mol. The van der Waals surface area contributed by atoms with E-state index in [1.54, 1.807) is 6.33 Å². The van der Waals surface area contributed by atoms with Crippen molar-refractivity contribution in [2.24, 2.45) is 0 Å². The molecule has 1 aromatic carbocycles. The highest BCUT2D eigenvalue weighted by Gasteiger charge is 2.16. The topological polar surface area (TPSA) is 92.8 Å². The molecular formula is C15H15N5O2. The van der Waals surface area contributed by atoms with Crippen LogP contribution in [0, 0.1) is 0 Å². The summed E-state index contributed by atoms with van der Waals surface area (Å²) in [5, 5.41) is 3.28. The molecule has 0 saturated heterocycles. The molecule has 0 saturated carbocycles. The quantitative estimate of drug-likeness (QED) is 0.700. The molecule has 0 radical (unpaired) electrons. The van der Waals surface area contributed by atoms with Crippen molar-refractivity contribution in [3.8, 4) is 0 Å². The summed E-state index contributed by atoms with van der Waals surface area (Å²) in [5.41, 5.74) is 2.29. The van der Waals surface area contributed by atoms with Gasteiger partial charge in [-0.25, -0.2) is 15.0 Å². The lowest BCUT2D eigenvalue weighted by atomic mass is 10.1. The number of esters is 1. The molecule has 1 atom stereocenters. The smallest absolute Gasteiger partial charge is 0.302 e. The Morgan fingerprint density at radius 3 is 2.86 bits per heavy atom. The van der Waals surface area contributed by atoms with Crippen LogP contribution in [-0.4, -0.2) is 32.5 Å². The van der Waals surface area contributed by atoms with Crippen LogP contribution in [0.15, 0.2) is 43.0 Å². The van der Waals surface area contributed by atoms with Gasteiger partial charge in [0.15, 0.2) is 11.5 Å². The van der Waals surface area contributed by atoms with Gasteiger partial charge in [0.2, 0.25) is 0 Å². The first kappa shape index (κ1) is 14.0. The Bertz CT molecular complexity index is 772. The number of H-pyrrole nitrogens is 1. The van der Waals surface area contributed by atoms with Crippen LogP contribution in [-0.2, 0) is 9.53 Å². The normalized spacial score (nSPS) is 12.0. The van der Waals surface area contributed by atoms with E-state index in [-0.39, 0.29) is 18.6 Å². The molecule has 0 aliphatic heterocycles. The van der Waals surface area contributed by atoms with E-state index in [0.717, 1.165) is 5.56 Å². The summed E-state index contributed by atoms with van der Waals surface area (Å²) < 4.78 is 5.15. The fourth-order valence-electron chi connectivity index (χ4n) is 2.15. The van der Waals surface area contributed by atoms with Gasteiger partial charge in [-0.3, -0.25) is 4.79 Å². The molecule has 0 spiro atoms. The Kier molecular flexibility index (Phi) is 3.95. The molecule has 112 valence electrons. The molecule has 2 heterocycles. The molecule has 0 aliphatic rings. The molecule has 1 unspecified atom stereocenters. The monoisotopic (exact) mass is 297 g/mol. The van der Waals surface area contributed by atoms with Gasteiger partial charge in [0.1, 0.15) is 18.5 Å². The van der Waals surface area contributed by atoms with Gasteiger partial charge in [-0.15, -0.1) is 0 Å². The Morgan fingerprint density at radius 1 is 1.27 bits per heavy atom. The zero-order chi connectivity index (χ0) is 15.4. The Balaban J connectivity index is 1.89. The maximum absolute atomic E-state index is 11.1. The number of benzene rings is 1. The van der Waals surface area contributed by atoms with Crippen LogP contribution >= 0.6 is 0 Å². The summed E-state index contributed by atoms with van der Waals surface area (Å²) in [4.78, 5) is 26.5. The van der Waals surface area contributed by atoms with Crippen LogP contribution in [0.5, 0.6) is 0 Å². The van der Waals surface area contributed by atoms with Crippen molar-refractivity contribution in [3.05, 3.63) is 48.5 Å². The molecule has 3 aromatic rings. The van der Waals surface area contributed by atoms with Gasteiger partial charge in [-0.05, 0) is 5.56 Å². The van der Waals surface area contributed by atoms with Gasteiger partial charge in [-0.1, -0.05) is 30.3 Å². The van der Waals surface area contributed by atoms with Gasteiger partial charge in [0.05, 0.1) is 12.4 Å². The van der Waals surface area contributed by atoms with Gasteiger partial charge < -0.3 is 15.0 Å². The summed E-state index contributed by atoms with van der Waals surface area (Å²) in [6.07, 6.45) is 3.01. The number of nitrogens with zero attached hydrogens (tertiary/aromatic N) is 3. The highest BCUT2D eigenvalue weighted by atomic mass is 16.5. The lowest BCUT2D eigenvalue weighted by molar-refractivity contribution is -0.141. The number of aromatic amines is 1. The third-order valence-corrected chi connectivity index (χ3v) is 3.19. The van der Waals surface area contributed by atoms with Crippen molar-refractivity contribution in [1.29, 1.82) is 0 Å². The van der Waals surface area contributed by atoms with Crippen molar-refractivity contribution in [2.75, 3.05) is 11.9 Å². The molecule has 2 N–H and O–H groups in total. The predicted molar refractivity (Wildman–Crippen MR) is 81.1 cm³/mol. The zero-order valence-corrected chi connectivity index (χ0v) is 12.0. The van der Waals surface area contributed by atoms with Crippen LogP contribution in [0.2, 0.25) is 0 Å². The molecule has 0 bridgehead atoms. The van der Waals surface area contributed by atoms with E-state index in [1.807, 2.05) is 30.3 Å². The van der Waals surface area contributed by atoms with Crippen molar-refractivity contribution in [1.82, 2.24) is 19.9 Å². The third-order valence-electron chi connectivity index (χ3n) is 3.19. The average Bonchev–Trinajstić information content (AvgIpc) is 3.01. The van der Waals surface area contributed by atoms with Crippen LogP contribution in [0.3, 0.4) is 0 Å². The van der Waals surface area contributed by atoms with E-state index >= 15 is 0 Å². The van der Waals surface area contributed by atoms with Gasteiger partial charge in [0.25, 0.3) is 0 Å². The van der Waals surface area contributed by atoms with Crippen LogP contribution in [0.25, 0.3) is 11.2 Å². The maximum atomic E-state index is 11.1. The number of carbonyl (C=O) groups excluding carboxylic acids is 1. The lowest BCUT2D eigenvalue weighted by Gasteiger charge is -2.19. The number of anilines is 1. The van der Waals surface area contributed by atoms with E-state index in [9.17, 15) is 4.79 Å². The van der Waals surface area contributed by atoms with E-state index in [4.69, 9.17) is 4.74 Å². The second-order valence-corrected chi connectivity index (χ2v) is 4.73. The minimum atomic E-state index is -0.322. The molecule has 0 aliphatic carbocycles. The molecule has 0 amide bonds.